The molecule has 0 aliphatic rings. The van der Waals surface area contributed by atoms with Gasteiger partial charge in [0.15, 0.2) is 5.78 Å². The van der Waals surface area contributed by atoms with Crippen LogP contribution in [0, 0.1) is 13.8 Å². The van der Waals surface area contributed by atoms with E-state index in [0.29, 0.717) is 30.1 Å². The standard InChI is InChI=1S/C30H33N5O4/c1-19-15-22(10-13-27(19)38-23-11-8-20(2)32-17-23)35-28-24-16-21(9-12-25(24)33-18-34-28)26(36)7-6-14-31-29(37)39-30(3,4)5/h8-13,15-18H,6-7,14H2,1-5H3,(H,31,37)(H,33,34,35). The zero-order valence-corrected chi connectivity index (χ0v) is 22.9. The van der Waals surface area contributed by atoms with Crippen molar-refractivity contribution in [2.24, 2.45) is 0 Å². The van der Waals surface area contributed by atoms with E-state index < -0.39 is 11.7 Å². The van der Waals surface area contributed by atoms with Crippen LogP contribution in [-0.2, 0) is 4.74 Å². The highest BCUT2D eigenvalue weighted by molar-refractivity contribution is 6.01. The number of Topliss-reactive ketones (excluding diaryl/α,β-unsaturated/α-hetero) is 1. The third-order valence-corrected chi connectivity index (χ3v) is 5.76. The number of hydrogen-bond donors (Lipinski definition) is 2. The molecule has 0 fully saturated rings. The van der Waals surface area contributed by atoms with Crippen molar-refractivity contribution in [1.82, 2.24) is 20.3 Å². The van der Waals surface area contributed by atoms with E-state index in [9.17, 15) is 9.59 Å². The van der Waals surface area contributed by atoms with Crippen molar-refractivity contribution in [2.75, 3.05) is 11.9 Å². The number of hydrogen-bond acceptors (Lipinski definition) is 8. The number of alkyl carbamates (subject to hydrolysis) is 1. The van der Waals surface area contributed by atoms with Crippen LogP contribution in [0.15, 0.2) is 61.1 Å². The van der Waals surface area contributed by atoms with E-state index in [-0.39, 0.29) is 12.2 Å². The van der Waals surface area contributed by atoms with Crippen molar-refractivity contribution >= 4 is 34.3 Å². The Morgan fingerprint density at radius 2 is 1.77 bits per heavy atom. The smallest absolute Gasteiger partial charge is 0.407 e. The summed E-state index contributed by atoms with van der Waals surface area (Å²) in [5.74, 6) is 1.97. The van der Waals surface area contributed by atoms with Gasteiger partial charge in [-0.15, -0.1) is 0 Å². The van der Waals surface area contributed by atoms with E-state index in [4.69, 9.17) is 9.47 Å². The van der Waals surface area contributed by atoms with Crippen LogP contribution < -0.4 is 15.4 Å². The molecule has 0 unspecified atom stereocenters. The number of nitrogens with zero attached hydrogens (tertiary/aromatic N) is 3. The summed E-state index contributed by atoms with van der Waals surface area (Å²) in [4.78, 5) is 37.7. The lowest BCUT2D eigenvalue weighted by atomic mass is 10.0. The highest BCUT2D eigenvalue weighted by Gasteiger charge is 2.16. The molecule has 2 aromatic carbocycles. The molecule has 0 bridgehead atoms. The predicted octanol–water partition coefficient (Wildman–Crippen LogP) is 6.67. The first-order valence-corrected chi connectivity index (χ1v) is 12.8. The quantitative estimate of drug-likeness (QED) is 0.183. The number of fused-ring (bicyclic) bond motifs is 1. The lowest BCUT2D eigenvalue weighted by Crippen LogP contribution is -2.33. The van der Waals surface area contributed by atoms with Crippen molar-refractivity contribution in [2.45, 2.75) is 53.1 Å². The van der Waals surface area contributed by atoms with Gasteiger partial charge in [0.05, 0.1) is 11.7 Å². The van der Waals surface area contributed by atoms with Crippen LogP contribution in [0.4, 0.5) is 16.3 Å². The molecule has 9 heteroatoms. The molecule has 0 aliphatic carbocycles. The number of ether oxygens (including phenoxy) is 2. The van der Waals surface area contributed by atoms with Crippen LogP contribution in [-0.4, -0.2) is 39.0 Å². The van der Waals surface area contributed by atoms with Gasteiger partial charge in [0.25, 0.3) is 0 Å². The Balaban J connectivity index is 1.42. The monoisotopic (exact) mass is 527 g/mol. The normalized spacial score (nSPS) is 11.2. The van der Waals surface area contributed by atoms with E-state index in [1.165, 1.54) is 6.33 Å². The number of aromatic nitrogens is 3. The Bertz CT molecular complexity index is 1480. The van der Waals surface area contributed by atoms with Gasteiger partial charge in [-0.3, -0.25) is 9.78 Å². The third-order valence-electron chi connectivity index (χ3n) is 5.76. The minimum atomic E-state index is -0.563. The minimum absolute atomic E-state index is 0.0272. The Kier molecular flexibility index (Phi) is 8.39. The molecule has 0 saturated heterocycles. The molecule has 2 heterocycles. The van der Waals surface area contributed by atoms with Gasteiger partial charge >= 0.3 is 6.09 Å². The summed E-state index contributed by atoms with van der Waals surface area (Å²) in [7, 11) is 0. The molecule has 1 amide bonds. The van der Waals surface area contributed by atoms with Crippen LogP contribution in [0.5, 0.6) is 11.5 Å². The SMILES string of the molecule is Cc1ccc(Oc2ccc(Nc3ncnc4ccc(C(=O)CCCNC(=O)OC(C)(C)C)cc34)cc2C)cn1. The lowest BCUT2D eigenvalue weighted by Gasteiger charge is -2.19. The Labute approximate surface area is 228 Å². The number of carbonyl (C=O) groups is 2. The molecular formula is C30H33N5O4. The number of rotatable bonds is 9. The summed E-state index contributed by atoms with van der Waals surface area (Å²) >= 11 is 0. The van der Waals surface area contributed by atoms with Gasteiger partial charge in [0, 0.05) is 35.3 Å². The molecule has 202 valence electrons. The van der Waals surface area contributed by atoms with E-state index >= 15 is 0 Å². The molecule has 0 saturated carbocycles. The Hall–Kier alpha value is -4.53. The fourth-order valence-corrected chi connectivity index (χ4v) is 3.85. The maximum atomic E-state index is 12.9. The number of aryl methyl sites for hydroxylation is 2. The van der Waals surface area contributed by atoms with Crippen molar-refractivity contribution in [1.29, 1.82) is 0 Å². The average molecular weight is 528 g/mol. The summed E-state index contributed by atoms with van der Waals surface area (Å²) in [6.07, 6.45) is 3.48. The molecule has 0 radical (unpaired) electrons. The van der Waals surface area contributed by atoms with Crippen LogP contribution >= 0.6 is 0 Å². The predicted molar refractivity (Wildman–Crippen MR) is 151 cm³/mol. The van der Waals surface area contributed by atoms with Crippen LogP contribution in [0.1, 0.15) is 55.2 Å². The summed E-state index contributed by atoms with van der Waals surface area (Å²) in [6.45, 7) is 9.66. The number of carbonyl (C=O) groups excluding carboxylic acids is 2. The molecule has 0 atom stereocenters. The highest BCUT2D eigenvalue weighted by Crippen LogP contribution is 2.30. The molecule has 2 N–H and O–H groups in total. The third kappa shape index (κ3) is 7.73. The van der Waals surface area contributed by atoms with E-state index in [2.05, 4.69) is 25.6 Å². The molecule has 0 spiro atoms. The van der Waals surface area contributed by atoms with Crippen molar-refractivity contribution in [3.05, 3.63) is 77.9 Å². The number of pyridine rings is 1. The van der Waals surface area contributed by atoms with Crippen LogP contribution in [0.2, 0.25) is 0 Å². The molecule has 4 aromatic rings. The second-order valence-corrected chi connectivity index (χ2v) is 10.3. The number of ketones is 1. The fourth-order valence-electron chi connectivity index (χ4n) is 3.85. The van der Waals surface area contributed by atoms with Crippen LogP contribution in [0.25, 0.3) is 10.9 Å². The first-order valence-electron chi connectivity index (χ1n) is 12.8. The fraction of sp³-hybridized carbons (Fsp3) is 0.300. The summed E-state index contributed by atoms with van der Waals surface area (Å²) in [5, 5.41) is 6.76. The summed E-state index contributed by atoms with van der Waals surface area (Å²) in [6, 6.07) is 14.9. The second kappa shape index (κ2) is 11.9. The molecule has 39 heavy (non-hydrogen) atoms. The number of amides is 1. The van der Waals surface area contributed by atoms with E-state index in [1.807, 2.05) is 50.2 Å². The van der Waals surface area contributed by atoms with Crippen molar-refractivity contribution < 1.29 is 19.1 Å². The maximum absolute atomic E-state index is 12.9. The van der Waals surface area contributed by atoms with Gasteiger partial charge in [0.2, 0.25) is 0 Å². The van der Waals surface area contributed by atoms with Crippen molar-refractivity contribution in [3.63, 3.8) is 0 Å². The molecule has 0 aliphatic heterocycles. The molecular weight excluding hydrogens is 494 g/mol. The number of nitrogens with one attached hydrogen (secondary N) is 2. The van der Waals surface area contributed by atoms with Gasteiger partial charge in [0.1, 0.15) is 29.2 Å². The Morgan fingerprint density at radius 1 is 0.949 bits per heavy atom. The first-order chi connectivity index (χ1) is 18.6. The van der Waals surface area contributed by atoms with Gasteiger partial charge in [-0.2, -0.15) is 0 Å². The zero-order chi connectivity index (χ0) is 28.0. The van der Waals surface area contributed by atoms with E-state index in [0.717, 1.165) is 33.6 Å². The highest BCUT2D eigenvalue weighted by atomic mass is 16.6. The second-order valence-electron chi connectivity index (χ2n) is 10.3. The number of anilines is 2. The summed E-state index contributed by atoms with van der Waals surface area (Å²) in [5.41, 5.74) is 3.41. The number of benzene rings is 2. The maximum Gasteiger partial charge on any atom is 0.407 e. The lowest BCUT2D eigenvalue weighted by molar-refractivity contribution is 0.0525. The van der Waals surface area contributed by atoms with Gasteiger partial charge < -0.3 is 20.1 Å². The van der Waals surface area contributed by atoms with E-state index in [1.54, 1.807) is 39.1 Å². The molecule has 4 rings (SSSR count). The Morgan fingerprint density at radius 3 is 2.49 bits per heavy atom. The van der Waals surface area contributed by atoms with Gasteiger partial charge in [-0.25, -0.2) is 14.8 Å². The molecule has 9 nitrogen and oxygen atoms in total. The minimum Gasteiger partial charge on any atom is -0.455 e. The largest absolute Gasteiger partial charge is 0.455 e. The average Bonchev–Trinajstić information content (AvgIpc) is 2.88. The van der Waals surface area contributed by atoms with Crippen molar-refractivity contribution in [3.8, 4) is 11.5 Å². The zero-order valence-electron chi connectivity index (χ0n) is 22.9. The van der Waals surface area contributed by atoms with Crippen LogP contribution in [0.3, 0.4) is 0 Å². The summed E-state index contributed by atoms with van der Waals surface area (Å²) < 4.78 is 11.2. The molecule has 2 aromatic heterocycles. The first kappa shape index (κ1) is 27.5. The van der Waals surface area contributed by atoms with Gasteiger partial charge in [-0.05, 0) is 95.1 Å². The van der Waals surface area contributed by atoms with Gasteiger partial charge in [-0.1, -0.05) is 0 Å². The topological polar surface area (TPSA) is 115 Å².